The summed E-state index contributed by atoms with van der Waals surface area (Å²) in [6.45, 7) is 3.76. The van der Waals surface area contributed by atoms with Crippen molar-refractivity contribution >= 4 is 40.5 Å². The summed E-state index contributed by atoms with van der Waals surface area (Å²) in [5.41, 5.74) is 1.58. The lowest BCUT2D eigenvalue weighted by Gasteiger charge is -2.34. The lowest BCUT2D eigenvalue weighted by molar-refractivity contribution is -0.136. The minimum absolute atomic E-state index is 0.0971. The first kappa shape index (κ1) is 15.3. The monoisotopic (exact) mass is 334 g/mol. The Labute approximate surface area is 143 Å². The molecule has 0 saturated carbocycles. The third kappa shape index (κ3) is 2.11. The maximum Gasteiger partial charge on any atom is 0.262 e. The zero-order valence-corrected chi connectivity index (χ0v) is 13.2. The standard InChI is InChI=1S/C19H14N2O4/c1-2-10-6-7-13-16-11(10)4-3-5-12(16)18(24)21(19(13)25)14-8-9-15(22)20-17(14)23/h2-7,14H,1,8-9H2,(H,20,22,23). The highest BCUT2D eigenvalue weighted by Crippen LogP contribution is 2.34. The zero-order valence-electron chi connectivity index (χ0n) is 13.2. The molecule has 1 N–H and O–H groups in total. The number of imide groups is 2. The first-order chi connectivity index (χ1) is 12.0. The molecule has 0 aromatic heterocycles. The number of carbonyl (C=O) groups excluding carboxylic acids is 4. The van der Waals surface area contributed by atoms with E-state index in [4.69, 9.17) is 0 Å². The Balaban J connectivity index is 1.89. The Morgan fingerprint density at radius 2 is 1.76 bits per heavy atom. The van der Waals surface area contributed by atoms with Crippen LogP contribution in [0.2, 0.25) is 0 Å². The molecule has 6 nitrogen and oxygen atoms in total. The molecule has 0 aliphatic carbocycles. The molecule has 1 saturated heterocycles. The van der Waals surface area contributed by atoms with Gasteiger partial charge in [-0.1, -0.05) is 30.9 Å². The second-order valence-electron chi connectivity index (χ2n) is 6.08. The summed E-state index contributed by atoms with van der Waals surface area (Å²) in [6.07, 6.45) is 1.91. The highest BCUT2D eigenvalue weighted by molar-refractivity contribution is 6.27. The predicted octanol–water partition coefficient (Wildman–Crippen LogP) is 1.88. The van der Waals surface area contributed by atoms with E-state index in [0.717, 1.165) is 15.8 Å². The molecule has 124 valence electrons. The molecule has 2 aliphatic rings. The third-order valence-electron chi connectivity index (χ3n) is 4.71. The number of rotatable bonds is 2. The van der Waals surface area contributed by atoms with Gasteiger partial charge in [-0.2, -0.15) is 0 Å². The number of piperidine rings is 1. The Morgan fingerprint density at radius 1 is 1.04 bits per heavy atom. The van der Waals surface area contributed by atoms with Gasteiger partial charge in [-0.3, -0.25) is 29.4 Å². The van der Waals surface area contributed by atoms with Gasteiger partial charge in [0.15, 0.2) is 0 Å². The van der Waals surface area contributed by atoms with Gasteiger partial charge < -0.3 is 0 Å². The second-order valence-corrected chi connectivity index (χ2v) is 6.08. The molecule has 25 heavy (non-hydrogen) atoms. The molecule has 4 rings (SSSR count). The second kappa shape index (κ2) is 5.37. The van der Waals surface area contributed by atoms with E-state index in [1.54, 1.807) is 30.3 Å². The van der Waals surface area contributed by atoms with Crippen molar-refractivity contribution in [2.24, 2.45) is 0 Å². The van der Waals surface area contributed by atoms with E-state index in [0.29, 0.717) is 16.5 Å². The molecule has 0 radical (unpaired) electrons. The van der Waals surface area contributed by atoms with E-state index in [2.05, 4.69) is 11.9 Å². The van der Waals surface area contributed by atoms with Gasteiger partial charge in [0, 0.05) is 22.9 Å². The van der Waals surface area contributed by atoms with E-state index in [9.17, 15) is 19.2 Å². The van der Waals surface area contributed by atoms with Crippen LogP contribution in [0.15, 0.2) is 36.9 Å². The number of benzene rings is 2. The van der Waals surface area contributed by atoms with Crippen LogP contribution in [0.5, 0.6) is 0 Å². The van der Waals surface area contributed by atoms with E-state index in [-0.39, 0.29) is 12.8 Å². The molecule has 2 aromatic carbocycles. The summed E-state index contributed by atoms with van der Waals surface area (Å²) < 4.78 is 0. The average molecular weight is 334 g/mol. The van der Waals surface area contributed by atoms with Crippen molar-refractivity contribution in [3.8, 4) is 0 Å². The number of nitrogens with one attached hydrogen (secondary N) is 1. The molecule has 0 spiro atoms. The molecular weight excluding hydrogens is 320 g/mol. The van der Waals surface area contributed by atoms with E-state index in [1.165, 1.54) is 0 Å². The molecular formula is C19H14N2O4. The van der Waals surface area contributed by atoms with Crippen LogP contribution >= 0.6 is 0 Å². The van der Waals surface area contributed by atoms with Gasteiger partial charge in [0.05, 0.1) is 0 Å². The Bertz CT molecular complexity index is 970. The SMILES string of the molecule is C=Cc1ccc2c3c(cccc13)C(=O)N(C1CCC(=O)NC1=O)C2=O. The van der Waals surface area contributed by atoms with Crippen LogP contribution in [0.3, 0.4) is 0 Å². The molecule has 1 atom stereocenters. The highest BCUT2D eigenvalue weighted by atomic mass is 16.2. The summed E-state index contributed by atoms with van der Waals surface area (Å²) in [7, 11) is 0. The van der Waals surface area contributed by atoms with Crippen molar-refractivity contribution in [3.63, 3.8) is 0 Å². The van der Waals surface area contributed by atoms with Crippen molar-refractivity contribution in [1.82, 2.24) is 10.2 Å². The van der Waals surface area contributed by atoms with Crippen LogP contribution < -0.4 is 5.32 Å². The number of carbonyl (C=O) groups is 4. The van der Waals surface area contributed by atoms with Crippen molar-refractivity contribution in [2.45, 2.75) is 18.9 Å². The largest absolute Gasteiger partial charge is 0.295 e. The first-order valence-electron chi connectivity index (χ1n) is 7.92. The van der Waals surface area contributed by atoms with E-state index < -0.39 is 29.7 Å². The fraction of sp³-hybridized carbons (Fsp3) is 0.158. The summed E-state index contributed by atoms with van der Waals surface area (Å²) >= 11 is 0. The zero-order chi connectivity index (χ0) is 17.7. The minimum Gasteiger partial charge on any atom is -0.295 e. The topological polar surface area (TPSA) is 83.6 Å². The molecule has 2 heterocycles. The van der Waals surface area contributed by atoms with Crippen LogP contribution in [0.25, 0.3) is 16.8 Å². The van der Waals surface area contributed by atoms with Gasteiger partial charge in [-0.15, -0.1) is 0 Å². The van der Waals surface area contributed by atoms with Gasteiger partial charge in [0.1, 0.15) is 6.04 Å². The van der Waals surface area contributed by atoms with Crippen molar-refractivity contribution < 1.29 is 19.2 Å². The fourth-order valence-electron chi connectivity index (χ4n) is 3.53. The molecule has 2 aliphatic heterocycles. The Kier molecular flexibility index (Phi) is 3.28. The average Bonchev–Trinajstić information content (AvgIpc) is 2.61. The van der Waals surface area contributed by atoms with Crippen LogP contribution in [0.1, 0.15) is 39.1 Å². The molecule has 0 bridgehead atoms. The lowest BCUT2D eigenvalue weighted by Crippen LogP contribution is -2.57. The quantitative estimate of drug-likeness (QED) is 0.850. The van der Waals surface area contributed by atoms with Crippen LogP contribution in [-0.4, -0.2) is 34.6 Å². The van der Waals surface area contributed by atoms with Gasteiger partial charge in [-0.05, 0) is 29.5 Å². The number of hydrogen-bond donors (Lipinski definition) is 1. The smallest absolute Gasteiger partial charge is 0.262 e. The number of hydrogen-bond acceptors (Lipinski definition) is 4. The maximum atomic E-state index is 13.0. The fourth-order valence-corrected chi connectivity index (χ4v) is 3.53. The van der Waals surface area contributed by atoms with E-state index >= 15 is 0 Å². The molecule has 1 unspecified atom stereocenters. The molecule has 4 amide bonds. The lowest BCUT2D eigenvalue weighted by atomic mass is 9.89. The van der Waals surface area contributed by atoms with E-state index in [1.807, 2.05) is 6.07 Å². The third-order valence-corrected chi connectivity index (χ3v) is 4.71. The van der Waals surface area contributed by atoms with Gasteiger partial charge in [0.25, 0.3) is 11.8 Å². The Hall–Kier alpha value is -3.28. The van der Waals surface area contributed by atoms with Crippen LogP contribution in [-0.2, 0) is 9.59 Å². The molecule has 2 aromatic rings. The van der Waals surface area contributed by atoms with Gasteiger partial charge in [0.2, 0.25) is 11.8 Å². The normalized spacial score (nSPS) is 20.0. The summed E-state index contributed by atoms with van der Waals surface area (Å²) in [5, 5.41) is 3.55. The Morgan fingerprint density at radius 3 is 2.44 bits per heavy atom. The summed E-state index contributed by atoms with van der Waals surface area (Å²) in [4.78, 5) is 50.4. The predicted molar refractivity (Wildman–Crippen MR) is 90.7 cm³/mol. The number of nitrogens with zero attached hydrogens (tertiary/aromatic N) is 1. The highest BCUT2D eigenvalue weighted by Gasteiger charge is 2.42. The van der Waals surface area contributed by atoms with Crippen LogP contribution in [0, 0.1) is 0 Å². The van der Waals surface area contributed by atoms with Gasteiger partial charge in [-0.25, -0.2) is 0 Å². The van der Waals surface area contributed by atoms with Crippen molar-refractivity contribution in [3.05, 3.63) is 53.6 Å². The number of amides is 4. The van der Waals surface area contributed by atoms with Crippen molar-refractivity contribution in [2.75, 3.05) is 0 Å². The first-order valence-corrected chi connectivity index (χ1v) is 7.92. The maximum absolute atomic E-state index is 13.0. The minimum atomic E-state index is -0.972. The molecule has 1 fully saturated rings. The van der Waals surface area contributed by atoms with Crippen molar-refractivity contribution in [1.29, 1.82) is 0 Å². The van der Waals surface area contributed by atoms with Crippen LogP contribution in [0.4, 0.5) is 0 Å². The summed E-state index contributed by atoms with van der Waals surface area (Å²) in [6, 6.07) is 7.67. The van der Waals surface area contributed by atoms with Gasteiger partial charge >= 0.3 is 0 Å². The summed E-state index contributed by atoms with van der Waals surface area (Å²) in [5.74, 6) is -2.04. The molecule has 6 heteroatoms.